The number of allylic oxidation sites excluding steroid dienone is 1. The van der Waals surface area contributed by atoms with Gasteiger partial charge in [0.25, 0.3) is 0 Å². The molecule has 0 bridgehead atoms. The first-order chi connectivity index (χ1) is 8.78. The molecule has 2 aliphatic carbocycles. The fraction of sp³-hybridized carbons (Fsp3) is 0.533. The lowest BCUT2D eigenvalue weighted by Crippen LogP contribution is -2.40. The minimum absolute atomic E-state index is 0.0828. The molecule has 4 nitrogen and oxygen atoms in total. The van der Waals surface area contributed by atoms with Gasteiger partial charge in [-0.1, -0.05) is 19.9 Å². The van der Waals surface area contributed by atoms with Gasteiger partial charge in [0.05, 0.1) is 11.2 Å². The molecule has 0 amide bonds. The molecule has 2 N–H and O–H groups in total. The molecule has 0 aliphatic heterocycles. The highest BCUT2D eigenvalue weighted by Crippen LogP contribution is 2.53. The van der Waals surface area contributed by atoms with Crippen molar-refractivity contribution in [3.05, 3.63) is 34.8 Å². The molecule has 0 aromatic carbocycles. The van der Waals surface area contributed by atoms with E-state index >= 15 is 0 Å². The molecule has 0 fully saturated rings. The van der Waals surface area contributed by atoms with Crippen LogP contribution >= 0.6 is 0 Å². The maximum absolute atomic E-state index is 12.5. The number of carbonyl (C=O) groups excluding carboxylic acids is 1. The molecule has 2 atom stereocenters. The van der Waals surface area contributed by atoms with E-state index in [0.29, 0.717) is 16.7 Å². The number of Topliss-reactive ketones (excluding diaryl/α,β-unsaturated/α-hetero) is 1. The zero-order chi connectivity index (χ0) is 14.0. The molecule has 0 radical (unpaired) electrons. The third kappa shape index (κ3) is 1.56. The molecule has 2 aliphatic rings. The van der Waals surface area contributed by atoms with Gasteiger partial charge in [0.2, 0.25) is 0 Å². The van der Waals surface area contributed by atoms with Gasteiger partial charge in [-0.3, -0.25) is 4.79 Å². The SMILES string of the molecule is CC1(C)C=C2C(=O)c3coc(CO)c3[C@@](C)(O)[C@H]2C1. The summed E-state index contributed by atoms with van der Waals surface area (Å²) in [5, 5.41) is 20.2. The highest BCUT2D eigenvalue weighted by molar-refractivity contribution is 6.12. The van der Waals surface area contributed by atoms with Gasteiger partial charge in [-0.05, 0) is 18.8 Å². The highest BCUT2D eigenvalue weighted by atomic mass is 16.4. The van der Waals surface area contributed by atoms with Crippen LogP contribution in [0.4, 0.5) is 0 Å². The number of hydrogen-bond donors (Lipinski definition) is 2. The van der Waals surface area contributed by atoms with Crippen molar-refractivity contribution in [2.45, 2.75) is 39.4 Å². The molecule has 0 saturated carbocycles. The van der Waals surface area contributed by atoms with E-state index in [1.54, 1.807) is 6.92 Å². The summed E-state index contributed by atoms with van der Waals surface area (Å²) in [6.45, 7) is 5.51. The minimum atomic E-state index is -1.17. The molecule has 1 heterocycles. The maximum Gasteiger partial charge on any atom is 0.192 e. The Bertz CT molecular complexity index is 589. The normalized spacial score (nSPS) is 31.9. The van der Waals surface area contributed by atoms with Crippen LogP contribution in [-0.4, -0.2) is 16.0 Å². The summed E-state index contributed by atoms with van der Waals surface area (Å²) >= 11 is 0. The van der Waals surface area contributed by atoms with E-state index in [-0.39, 0.29) is 29.5 Å². The van der Waals surface area contributed by atoms with Gasteiger partial charge in [-0.15, -0.1) is 0 Å². The molecule has 3 rings (SSSR count). The zero-order valence-corrected chi connectivity index (χ0v) is 11.4. The van der Waals surface area contributed by atoms with E-state index < -0.39 is 5.60 Å². The Kier molecular flexibility index (Phi) is 2.38. The number of aliphatic hydroxyl groups is 2. The van der Waals surface area contributed by atoms with Crippen molar-refractivity contribution in [3.63, 3.8) is 0 Å². The second kappa shape index (κ2) is 3.58. The van der Waals surface area contributed by atoms with Crippen molar-refractivity contribution in [1.82, 2.24) is 0 Å². The van der Waals surface area contributed by atoms with E-state index in [2.05, 4.69) is 13.8 Å². The zero-order valence-electron chi connectivity index (χ0n) is 11.4. The summed E-state index contributed by atoms with van der Waals surface area (Å²) in [5.74, 6) is -0.0249. The molecule has 0 unspecified atom stereocenters. The van der Waals surface area contributed by atoms with E-state index in [0.717, 1.165) is 6.42 Å². The van der Waals surface area contributed by atoms with Crippen LogP contribution in [0.15, 0.2) is 22.3 Å². The van der Waals surface area contributed by atoms with Crippen LogP contribution in [0.2, 0.25) is 0 Å². The third-order valence-electron chi connectivity index (χ3n) is 4.35. The van der Waals surface area contributed by atoms with Crippen molar-refractivity contribution in [3.8, 4) is 0 Å². The van der Waals surface area contributed by atoms with Crippen LogP contribution in [0.1, 0.15) is 48.9 Å². The van der Waals surface area contributed by atoms with Gasteiger partial charge in [0.15, 0.2) is 5.78 Å². The first-order valence-corrected chi connectivity index (χ1v) is 6.49. The van der Waals surface area contributed by atoms with E-state index in [9.17, 15) is 15.0 Å². The van der Waals surface area contributed by atoms with Gasteiger partial charge >= 0.3 is 0 Å². The van der Waals surface area contributed by atoms with Crippen molar-refractivity contribution >= 4 is 5.78 Å². The lowest BCUT2D eigenvalue weighted by atomic mass is 9.70. The maximum atomic E-state index is 12.5. The fourth-order valence-electron chi connectivity index (χ4n) is 3.51. The Morgan fingerprint density at radius 2 is 2.11 bits per heavy atom. The van der Waals surface area contributed by atoms with Crippen LogP contribution in [-0.2, 0) is 12.2 Å². The van der Waals surface area contributed by atoms with Crippen LogP contribution in [0.5, 0.6) is 0 Å². The smallest absolute Gasteiger partial charge is 0.192 e. The van der Waals surface area contributed by atoms with Crippen LogP contribution in [0.25, 0.3) is 0 Å². The highest BCUT2D eigenvalue weighted by Gasteiger charge is 2.52. The van der Waals surface area contributed by atoms with Gasteiger partial charge in [-0.2, -0.15) is 0 Å². The number of aliphatic hydroxyl groups excluding tert-OH is 1. The summed E-state index contributed by atoms with van der Waals surface area (Å²) in [4.78, 5) is 12.5. The molecule has 4 heteroatoms. The topological polar surface area (TPSA) is 70.7 Å². The molecule has 102 valence electrons. The number of carbonyl (C=O) groups is 1. The van der Waals surface area contributed by atoms with Gasteiger partial charge in [0, 0.05) is 17.1 Å². The van der Waals surface area contributed by atoms with Crippen molar-refractivity contribution in [1.29, 1.82) is 0 Å². The average Bonchev–Trinajstić information content (AvgIpc) is 2.88. The van der Waals surface area contributed by atoms with Gasteiger partial charge in [-0.25, -0.2) is 0 Å². The Hall–Kier alpha value is -1.39. The Balaban J connectivity index is 2.23. The van der Waals surface area contributed by atoms with Crippen molar-refractivity contribution in [2.75, 3.05) is 0 Å². The largest absolute Gasteiger partial charge is 0.466 e. The summed E-state index contributed by atoms with van der Waals surface area (Å²) < 4.78 is 5.23. The van der Waals surface area contributed by atoms with Gasteiger partial charge < -0.3 is 14.6 Å². The van der Waals surface area contributed by atoms with E-state index in [4.69, 9.17) is 4.42 Å². The second-order valence-electron chi connectivity index (χ2n) is 6.43. The lowest BCUT2D eigenvalue weighted by Gasteiger charge is -2.37. The molecule has 0 saturated heterocycles. The number of hydrogen-bond acceptors (Lipinski definition) is 4. The summed E-state index contributed by atoms with van der Waals surface area (Å²) in [6, 6.07) is 0. The lowest BCUT2D eigenvalue weighted by molar-refractivity contribution is -0.00450. The standard InChI is InChI=1S/C15H18O4/c1-14(2)4-8-10(5-14)15(3,18)12-9(13(8)17)7-19-11(12)6-16/h4,7,10,16,18H,5-6H2,1-3H3/t10-,15-/m0/s1. The summed E-state index contributed by atoms with van der Waals surface area (Å²) in [7, 11) is 0. The molecule has 1 aromatic rings. The van der Waals surface area contributed by atoms with E-state index in [1.165, 1.54) is 6.26 Å². The van der Waals surface area contributed by atoms with Crippen molar-refractivity contribution < 1.29 is 19.4 Å². The Morgan fingerprint density at radius 3 is 2.74 bits per heavy atom. The molecular formula is C15H18O4. The molecule has 0 spiro atoms. The first kappa shape index (κ1) is 12.6. The first-order valence-electron chi connectivity index (χ1n) is 6.49. The average molecular weight is 262 g/mol. The molecule has 19 heavy (non-hydrogen) atoms. The number of rotatable bonds is 1. The monoisotopic (exact) mass is 262 g/mol. The number of fused-ring (bicyclic) bond motifs is 2. The quantitative estimate of drug-likeness (QED) is 0.813. The van der Waals surface area contributed by atoms with E-state index in [1.807, 2.05) is 6.08 Å². The summed E-state index contributed by atoms with van der Waals surface area (Å²) in [5.41, 5.74) is 0.245. The van der Waals surface area contributed by atoms with Crippen LogP contribution < -0.4 is 0 Å². The number of furan rings is 1. The van der Waals surface area contributed by atoms with Crippen molar-refractivity contribution in [2.24, 2.45) is 11.3 Å². The third-order valence-corrected chi connectivity index (χ3v) is 4.35. The van der Waals surface area contributed by atoms with Crippen LogP contribution in [0.3, 0.4) is 0 Å². The second-order valence-corrected chi connectivity index (χ2v) is 6.43. The molecule has 1 aromatic heterocycles. The predicted molar refractivity (Wildman–Crippen MR) is 68.5 cm³/mol. The summed E-state index contributed by atoms with van der Waals surface area (Å²) in [6.07, 6.45) is 4.03. The van der Waals surface area contributed by atoms with Crippen LogP contribution in [0, 0.1) is 11.3 Å². The fourth-order valence-corrected chi connectivity index (χ4v) is 3.51. The number of ketones is 1. The Labute approximate surface area is 111 Å². The Morgan fingerprint density at radius 1 is 1.42 bits per heavy atom. The van der Waals surface area contributed by atoms with Gasteiger partial charge in [0.1, 0.15) is 18.6 Å². The minimum Gasteiger partial charge on any atom is -0.466 e. The predicted octanol–water partition coefficient (Wildman–Crippen LogP) is 2.15. The molecular weight excluding hydrogens is 244 g/mol.